The van der Waals surface area contributed by atoms with Gasteiger partial charge in [0.05, 0.1) is 38.8 Å². The summed E-state index contributed by atoms with van der Waals surface area (Å²) in [6.07, 6.45) is 8.52. The van der Waals surface area contributed by atoms with Gasteiger partial charge in [0.15, 0.2) is 0 Å². The standard InChI is InChI=1S/C23H34N2O3S/c1-16-8-21(28-3)22(9-17(16)2)29(26,27)25-6-4-24(5-7-25)23-13-18-10-19(14-23)12-20(11-18)15-23/h8-9,18-20H,4-7,10-15H2,1-3H3/p+1. The number of piperazine rings is 1. The summed E-state index contributed by atoms with van der Waals surface area (Å²) in [5.41, 5.74) is 2.49. The van der Waals surface area contributed by atoms with Crippen LogP contribution in [0.3, 0.4) is 0 Å². The maximum Gasteiger partial charge on any atom is 0.247 e. The van der Waals surface area contributed by atoms with Gasteiger partial charge in [0, 0.05) is 19.3 Å². The van der Waals surface area contributed by atoms with E-state index in [-0.39, 0.29) is 0 Å². The monoisotopic (exact) mass is 419 g/mol. The summed E-state index contributed by atoms with van der Waals surface area (Å²) in [4.78, 5) is 2.01. The Morgan fingerprint density at radius 3 is 2.00 bits per heavy atom. The van der Waals surface area contributed by atoms with Crippen LogP contribution < -0.4 is 9.64 Å². The fourth-order valence-corrected chi connectivity index (χ4v) is 9.00. The predicted molar refractivity (Wildman–Crippen MR) is 113 cm³/mol. The third-order valence-electron chi connectivity index (χ3n) is 8.51. The van der Waals surface area contributed by atoms with E-state index >= 15 is 0 Å². The maximum absolute atomic E-state index is 13.4. The number of sulfonamides is 1. The second kappa shape index (κ2) is 6.96. The van der Waals surface area contributed by atoms with E-state index in [0.29, 0.717) is 29.3 Å². The number of ether oxygens (including phenoxy) is 1. The van der Waals surface area contributed by atoms with E-state index in [1.807, 2.05) is 19.9 Å². The van der Waals surface area contributed by atoms with Crippen molar-refractivity contribution >= 4 is 10.0 Å². The van der Waals surface area contributed by atoms with Gasteiger partial charge in [0.1, 0.15) is 10.6 Å². The summed E-state index contributed by atoms with van der Waals surface area (Å²) in [6.45, 7) is 7.08. The first-order valence-electron chi connectivity index (χ1n) is 11.3. The molecule has 0 spiro atoms. The van der Waals surface area contributed by atoms with Crippen molar-refractivity contribution in [3.63, 3.8) is 0 Å². The van der Waals surface area contributed by atoms with Crippen LogP contribution >= 0.6 is 0 Å². The first-order chi connectivity index (χ1) is 13.8. The third kappa shape index (κ3) is 3.22. The van der Waals surface area contributed by atoms with Crippen LogP contribution in [0.4, 0.5) is 0 Å². The number of hydrogen-bond donors (Lipinski definition) is 1. The molecular weight excluding hydrogens is 384 g/mol. The van der Waals surface area contributed by atoms with E-state index in [2.05, 4.69) is 0 Å². The van der Waals surface area contributed by atoms with Gasteiger partial charge in [-0.1, -0.05) is 0 Å². The molecule has 4 saturated carbocycles. The summed E-state index contributed by atoms with van der Waals surface area (Å²) in [6, 6.07) is 3.63. The van der Waals surface area contributed by atoms with Crippen LogP contribution in [-0.2, 0) is 10.0 Å². The van der Waals surface area contributed by atoms with Crippen molar-refractivity contribution in [1.29, 1.82) is 0 Å². The molecule has 29 heavy (non-hydrogen) atoms. The largest absolute Gasteiger partial charge is 0.495 e. The Kier molecular flexibility index (Phi) is 4.76. The minimum atomic E-state index is -3.53. The second-order valence-electron chi connectivity index (χ2n) is 10.3. The molecule has 1 aromatic carbocycles. The second-order valence-corrected chi connectivity index (χ2v) is 12.2. The molecule has 1 saturated heterocycles. The molecule has 160 valence electrons. The van der Waals surface area contributed by atoms with Crippen LogP contribution in [0.25, 0.3) is 0 Å². The van der Waals surface area contributed by atoms with Crippen LogP contribution in [0.5, 0.6) is 5.75 Å². The van der Waals surface area contributed by atoms with Crippen molar-refractivity contribution in [1.82, 2.24) is 4.31 Å². The van der Waals surface area contributed by atoms with Crippen molar-refractivity contribution in [3.8, 4) is 5.75 Å². The van der Waals surface area contributed by atoms with E-state index in [1.54, 1.807) is 22.4 Å². The van der Waals surface area contributed by atoms with Crippen LogP contribution in [0.2, 0.25) is 0 Å². The summed E-state index contributed by atoms with van der Waals surface area (Å²) < 4.78 is 34.0. The van der Waals surface area contributed by atoms with Crippen LogP contribution in [0, 0.1) is 31.6 Å². The third-order valence-corrected chi connectivity index (χ3v) is 10.4. The number of nitrogens with zero attached hydrogens (tertiary/aromatic N) is 1. The van der Waals surface area contributed by atoms with E-state index < -0.39 is 10.0 Å². The number of benzene rings is 1. The lowest BCUT2D eigenvalue weighted by molar-refractivity contribution is -0.962. The van der Waals surface area contributed by atoms with Gasteiger partial charge in [-0.2, -0.15) is 4.31 Å². The van der Waals surface area contributed by atoms with Crippen molar-refractivity contribution in [3.05, 3.63) is 23.3 Å². The number of aryl methyl sites for hydroxylation is 2. The van der Waals surface area contributed by atoms with E-state index in [9.17, 15) is 8.42 Å². The van der Waals surface area contributed by atoms with Gasteiger partial charge >= 0.3 is 0 Å². The summed E-state index contributed by atoms with van der Waals surface area (Å²) >= 11 is 0. The van der Waals surface area contributed by atoms with Gasteiger partial charge in [-0.3, -0.25) is 0 Å². The van der Waals surface area contributed by atoms with Crippen LogP contribution in [-0.4, -0.2) is 51.6 Å². The fraction of sp³-hybridized carbons (Fsp3) is 0.739. The minimum absolute atomic E-state index is 0.321. The minimum Gasteiger partial charge on any atom is -0.495 e. The summed E-state index contributed by atoms with van der Waals surface area (Å²) in [7, 11) is -1.97. The molecule has 5 aliphatic rings. The molecular formula is C23H35N2O3S+. The molecule has 0 aromatic heterocycles. The number of nitrogens with one attached hydrogen (secondary N) is 1. The Bertz CT molecular complexity index is 868. The highest BCUT2D eigenvalue weighted by molar-refractivity contribution is 7.89. The number of hydrogen-bond acceptors (Lipinski definition) is 3. The average Bonchev–Trinajstić information content (AvgIpc) is 2.68. The van der Waals surface area contributed by atoms with Gasteiger partial charge < -0.3 is 9.64 Å². The molecule has 6 heteroatoms. The molecule has 0 amide bonds. The molecule has 0 radical (unpaired) electrons. The van der Waals surface area contributed by atoms with Gasteiger partial charge in [-0.25, -0.2) is 8.42 Å². The van der Waals surface area contributed by atoms with Crippen molar-refractivity contribution in [2.24, 2.45) is 17.8 Å². The first kappa shape index (κ1) is 19.8. The van der Waals surface area contributed by atoms with E-state index in [0.717, 1.165) is 42.0 Å². The first-order valence-corrected chi connectivity index (χ1v) is 12.8. The molecule has 0 atom stereocenters. The van der Waals surface area contributed by atoms with Crippen molar-refractivity contribution in [2.45, 2.75) is 62.8 Å². The van der Waals surface area contributed by atoms with Gasteiger partial charge in [0.25, 0.3) is 0 Å². The average molecular weight is 420 g/mol. The number of quaternary nitrogens is 1. The molecule has 1 aromatic rings. The van der Waals surface area contributed by atoms with Gasteiger partial charge in [-0.15, -0.1) is 0 Å². The lowest BCUT2D eigenvalue weighted by atomic mass is 9.52. The lowest BCUT2D eigenvalue weighted by Gasteiger charge is -2.59. The molecule has 5 fully saturated rings. The zero-order valence-electron chi connectivity index (χ0n) is 18.0. The number of rotatable bonds is 4. The van der Waals surface area contributed by atoms with Crippen molar-refractivity contribution in [2.75, 3.05) is 33.3 Å². The smallest absolute Gasteiger partial charge is 0.247 e. The van der Waals surface area contributed by atoms with Gasteiger partial charge in [0.2, 0.25) is 10.0 Å². The zero-order chi connectivity index (χ0) is 20.4. The molecule has 6 rings (SSSR count). The van der Waals surface area contributed by atoms with E-state index in [4.69, 9.17) is 4.74 Å². The SMILES string of the molecule is COc1cc(C)c(C)cc1S(=O)(=O)N1CC[NH+](C23CC4CC(CC(C4)C2)C3)CC1. The molecule has 1 aliphatic heterocycles. The Morgan fingerprint density at radius 1 is 0.966 bits per heavy atom. The molecule has 0 unspecified atom stereocenters. The highest BCUT2D eigenvalue weighted by Crippen LogP contribution is 2.54. The highest BCUT2D eigenvalue weighted by atomic mass is 32.2. The molecule has 1 heterocycles. The fourth-order valence-electron chi connectivity index (χ4n) is 7.33. The molecule has 5 nitrogen and oxygen atoms in total. The quantitative estimate of drug-likeness (QED) is 0.814. The molecule has 4 aliphatic carbocycles. The Hall–Kier alpha value is -1.11. The molecule has 1 N–H and O–H groups in total. The van der Waals surface area contributed by atoms with Gasteiger partial charge in [-0.05, 0) is 74.1 Å². The van der Waals surface area contributed by atoms with Crippen LogP contribution in [0.15, 0.2) is 17.0 Å². The predicted octanol–water partition coefficient (Wildman–Crippen LogP) is 2.17. The Balaban J connectivity index is 1.34. The normalized spacial score (nSPS) is 35.2. The summed E-state index contributed by atoms with van der Waals surface area (Å²) in [5.74, 6) is 3.28. The lowest BCUT2D eigenvalue weighted by Crippen LogP contribution is -3.23. The zero-order valence-corrected chi connectivity index (χ0v) is 18.9. The highest BCUT2D eigenvalue weighted by Gasteiger charge is 2.56. The topological polar surface area (TPSA) is 51.1 Å². The maximum atomic E-state index is 13.4. The molecule has 4 bridgehead atoms. The Morgan fingerprint density at radius 2 is 1.48 bits per heavy atom. The Labute approximate surface area is 175 Å². The van der Waals surface area contributed by atoms with Crippen molar-refractivity contribution < 1.29 is 18.1 Å². The number of methoxy groups -OCH3 is 1. The summed E-state index contributed by atoms with van der Waals surface area (Å²) in [5, 5.41) is 0. The van der Waals surface area contributed by atoms with Crippen LogP contribution in [0.1, 0.15) is 49.7 Å². The van der Waals surface area contributed by atoms with E-state index in [1.165, 1.54) is 38.5 Å².